The lowest BCUT2D eigenvalue weighted by molar-refractivity contribution is 0.444. The minimum absolute atomic E-state index is 0.706. The summed E-state index contributed by atoms with van der Waals surface area (Å²) in [5, 5.41) is 0. The molecule has 0 aromatic heterocycles. The van der Waals surface area contributed by atoms with Crippen LogP contribution in [0.15, 0.2) is 18.2 Å². The minimum atomic E-state index is 0.706. The first-order valence-electron chi connectivity index (χ1n) is 6.30. The van der Waals surface area contributed by atoms with Gasteiger partial charge in [-0.05, 0) is 36.5 Å². The molecule has 0 aliphatic heterocycles. The van der Waals surface area contributed by atoms with E-state index in [0.717, 1.165) is 11.4 Å². The Morgan fingerprint density at radius 1 is 1.29 bits per heavy atom. The number of hydrogen-bond acceptors (Lipinski definition) is 2. The van der Waals surface area contributed by atoms with E-state index < -0.39 is 0 Å². The summed E-state index contributed by atoms with van der Waals surface area (Å²) < 4.78 is 0. The maximum absolute atomic E-state index is 6.10. The lowest BCUT2D eigenvalue weighted by atomic mass is 9.84. The van der Waals surface area contributed by atoms with Gasteiger partial charge in [0.25, 0.3) is 0 Å². The molecular formula is C14H20N2S. The lowest BCUT2D eigenvalue weighted by Crippen LogP contribution is -2.15. The lowest BCUT2D eigenvalue weighted by Gasteiger charge is -2.23. The highest BCUT2D eigenvalue weighted by Crippen LogP contribution is 2.35. The van der Waals surface area contributed by atoms with E-state index in [-0.39, 0.29) is 0 Å². The number of thiocarbonyl (C=S) groups is 1. The van der Waals surface area contributed by atoms with Crippen molar-refractivity contribution in [2.45, 2.75) is 38.0 Å². The van der Waals surface area contributed by atoms with Crippen molar-refractivity contribution in [1.29, 1.82) is 0 Å². The summed E-state index contributed by atoms with van der Waals surface area (Å²) in [5.41, 5.74) is 10.9. The largest absolute Gasteiger partial charge is 0.397 e. The predicted molar refractivity (Wildman–Crippen MR) is 78.7 cm³/mol. The van der Waals surface area contributed by atoms with Crippen molar-refractivity contribution in [2.75, 3.05) is 17.7 Å². The third-order valence-electron chi connectivity index (χ3n) is 3.67. The van der Waals surface area contributed by atoms with E-state index in [2.05, 4.69) is 18.2 Å². The van der Waals surface area contributed by atoms with Gasteiger partial charge in [0.05, 0.1) is 16.9 Å². The summed E-state index contributed by atoms with van der Waals surface area (Å²) in [4.78, 5) is 1.88. The standard InChI is InChI=1S/C14H20N2S/c1-16(10-17)14-8-7-12(9-13(14)15)11-5-3-2-4-6-11/h7-11H,2-6,15H2,1H3. The normalized spacial score (nSPS) is 16.8. The van der Waals surface area contributed by atoms with Crippen LogP contribution in [0.2, 0.25) is 0 Å². The van der Waals surface area contributed by atoms with Gasteiger partial charge < -0.3 is 10.6 Å². The first kappa shape index (κ1) is 12.4. The molecule has 2 nitrogen and oxygen atoms in total. The first-order valence-corrected chi connectivity index (χ1v) is 6.77. The zero-order chi connectivity index (χ0) is 12.3. The van der Waals surface area contributed by atoms with Gasteiger partial charge in [-0.25, -0.2) is 0 Å². The number of hydrogen-bond donors (Lipinski definition) is 1. The summed E-state index contributed by atoms with van der Waals surface area (Å²) in [7, 11) is 1.93. The molecule has 0 atom stereocenters. The maximum Gasteiger partial charge on any atom is 0.0683 e. The molecule has 3 heteroatoms. The Hall–Kier alpha value is -1.09. The second-order valence-electron chi connectivity index (χ2n) is 4.87. The summed E-state index contributed by atoms with van der Waals surface area (Å²) in [6.07, 6.45) is 6.71. The number of nitrogen functional groups attached to an aromatic ring is 1. The van der Waals surface area contributed by atoms with Crippen molar-refractivity contribution >= 4 is 29.1 Å². The molecule has 0 radical (unpaired) electrons. The van der Waals surface area contributed by atoms with Crippen molar-refractivity contribution in [3.63, 3.8) is 0 Å². The van der Waals surface area contributed by atoms with Gasteiger partial charge >= 0.3 is 0 Å². The van der Waals surface area contributed by atoms with Crippen LogP contribution in [-0.4, -0.2) is 12.5 Å². The number of benzene rings is 1. The number of nitrogens with two attached hydrogens (primary N) is 1. The fraction of sp³-hybridized carbons (Fsp3) is 0.500. The van der Waals surface area contributed by atoms with Crippen LogP contribution in [-0.2, 0) is 0 Å². The van der Waals surface area contributed by atoms with Crippen molar-refractivity contribution in [1.82, 2.24) is 0 Å². The molecule has 1 aliphatic rings. The highest BCUT2D eigenvalue weighted by Gasteiger charge is 2.16. The number of rotatable bonds is 3. The summed E-state index contributed by atoms with van der Waals surface area (Å²) >= 11 is 4.92. The molecule has 1 aromatic rings. The van der Waals surface area contributed by atoms with E-state index in [1.165, 1.54) is 37.7 Å². The fourth-order valence-corrected chi connectivity index (χ4v) is 2.75. The summed E-state index contributed by atoms with van der Waals surface area (Å²) in [6.45, 7) is 0. The molecule has 2 rings (SSSR count). The molecule has 0 heterocycles. The van der Waals surface area contributed by atoms with E-state index in [4.69, 9.17) is 18.0 Å². The monoisotopic (exact) mass is 248 g/mol. The van der Waals surface area contributed by atoms with Crippen LogP contribution in [0.1, 0.15) is 43.6 Å². The molecule has 0 saturated heterocycles. The third-order valence-corrected chi connectivity index (χ3v) is 3.98. The molecule has 17 heavy (non-hydrogen) atoms. The molecule has 0 unspecified atom stereocenters. The van der Waals surface area contributed by atoms with Crippen molar-refractivity contribution in [2.24, 2.45) is 0 Å². The Balaban J connectivity index is 2.20. The quantitative estimate of drug-likeness (QED) is 0.653. The first-order chi connectivity index (χ1) is 8.22. The van der Waals surface area contributed by atoms with Crippen molar-refractivity contribution < 1.29 is 0 Å². The highest BCUT2D eigenvalue weighted by atomic mass is 32.1. The third kappa shape index (κ3) is 2.78. The number of anilines is 2. The van der Waals surface area contributed by atoms with Gasteiger partial charge in [0.15, 0.2) is 0 Å². The molecule has 1 aromatic carbocycles. The Bertz CT molecular complexity index is 397. The molecule has 1 saturated carbocycles. The van der Waals surface area contributed by atoms with Crippen LogP contribution < -0.4 is 10.6 Å². The van der Waals surface area contributed by atoms with Gasteiger partial charge in [-0.3, -0.25) is 0 Å². The topological polar surface area (TPSA) is 29.3 Å². The molecule has 92 valence electrons. The van der Waals surface area contributed by atoms with Crippen LogP contribution in [0.3, 0.4) is 0 Å². The zero-order valence-electron chi connectivity index (χ0n) is 10.4. The van der Waals surface area contributed by atoms with Gasteiger partial charge in [0.1, 0.15) is 0 Å². The van der Waals surface area contributed by atoms with Gasteiger partial charge in [-0.15, -0.1) is 0 Å². The molecular weight excluding hydrogens is 228 g/mol. The van der Waals surface area contributed by atoms with E-state index in [9.17, 15) is 0 Å². The molecule has 0 spiro atoms. The van der Waals surface area contributed by atoms with Crippen LogP contribution in [0, 0.1) is 0 Å². The van der Waals surface area contributed by atoms with Crippen molar-refractivity contribution in [3.05, 3.63) is 23.8 Å². The average molecular weight is 248 g/mol. The summed E-state index contributed by atoms with van der Waals surface area (Å²) in [6, 6.07) is 6.42. The smallest absolute Gasteiger partial charge is 0.0683 e. The maximum atomic E-state index is 6.10. The van der Waals surface area contributed by atoms with Gasteiger partial charge in [0.2, 0.25) is 0 Å². The molecule has 2 N–H and O–H groups in total. The molecule has 1 aliphatic carbocycles. The van der Waals surface area contributed by atoms with Gasteiger partial charge in [0, 0.05) is 7.05 Å². The molecule has 0 amide bonds. The minimum Gasteiger partial charge on any atom is -0.397 e. The predicted octanol–water partition coefficient (Wildman–Crippen LogP) is 3.71. The number of nitrogens with zero attached hydrogens (tertiary/aromatic N) is 1. The van der Waals surface area contributed by atoms with Crippen LogP contribution in [0.5, 0.6) is 0 Å². The van der Waals surface area contributed by atoms with E-state index >= 15 is 0 Å². The summed E-state index contributed by atoms with van der Waals surface area (Å²) in [5.74, 6) is 0.706. The van der Waals surface area contributed by atoms with E-state index in [1.54, 1.807) is 5.49 Å². The van der Waals surface area contributed by atoms with Crippen LogP contribution in [0.4, 0.5) is 11.4 Å². The second-order valence-corrected chi connectivity index (χ2v) is 5.08. The van der Waals surface area contributed by atoms with E-state index in [1.807, 2.05) is 11.9 Å². The Kier molecular flexibility index (Phi) is 4.00. The van der Waals surface area contributed by atoms with Gasteiger partial charge in [-0.2, -0.15) is 0 Å². The fourth-order valence-electron chi connectivity index (χ4n) is 2.64. The van der Waals surface area contributed by atoms with Crippen LogP contribution >= 0.6 is 12.2 Å². The SMILES string of the molecule is CN(C=S)c1ccc(C2CCCCC2)cc1N. The van der Waals surface area contributed by atoms with Crippen LogP contribution in [0.25, 0.3) is 0 Å². The van der Waals surface area contributed by atoms with E-state index in [0.29, 0.717) is 5.92 Å². The highest BCUT2D eigenvalue weighted by molar-refractivity contribution is 7.79. The molecule has 0 bridgehead atoms. The Labute approximate surface area is 109 Å². The molecule has 1 fully saturated rings. The Morgan fingerprint density at radius 3 is 2.59 bits per heavy atom. The van der Waals surface area contributed by atoms with Crippen molar-refractivity contribution in [3.8, 4) is 0 Å². The Morgan fingerprint density at radius 2 is 2.00 bits per heavy atom. The second kappa shape index (κ2) is 5.50. The average Bonchev–Trinajstić information content (AvgIpc) is 2.39. The van der Waals surface area contributed by atoms with Gasteiger partial charge in [-0.1, -0.05) is 37.5 Å². The zero-order valence-corrected chi connectivity index (χ0v) is 11.2.